The number of likely N-dealkylation sites (N-methyl/N-ethyl adjacent to an activating group) is 1. The molecule has 0 spiro atoms. The van der Waals surface area contributed by atoms with Gasteiger partial charge in [0.2, 0.25) is 10.0 Å². The Labute approximate surface area is 110 Å². The monoisotopic (exact) mass is 276 g/mol. The number of sulfonamides is 1. The summed E-state index contributed by atoms with van der Waals surface area (Å²) >= 11 is 0. The Morgan fingerprint density at radius 3 is 2.56 bits per heavy atom. The molecule has 6 heteroatoms. The van der Waals surface area contributed by atoms with Gasteiger partial charge >= 0.3 is 0 Å². The fraction of sp³-hybridized carbons (Fsp3) is 1.00. The summed E-state index contributed by atoms with van der Waals surface area (Å²) in [5, 5.41) is 9.71. The normalized spacial score (nSPS) is 30.2. The highest BCUT2D eigenvalue weighted by Gasteiger charge is 2.39. The molecule has 106 valence electrons. The Hall–Kier alpha value is -0.170. The van der Waals surface area contributed by atoms with E-state index in [-0.39, 0.29) is 18.3 Å². The number of aliphatic hydroxyl groups excluding tert-OH is 1. The summed E-state index contributed by atoms with van der Waals surface area (Å²) in [6, 6.07) is -0.0702. The standard InChI is InChI=1S/C12H24N2O3S/c1-13(2)8-11-7-12(15)9-14(11)18(16,17)6-5-10-3-4-10/h10-12,15H,3-9H2,1-2H3. The molecule has 0 bridgehead atoms. The van der Waals surface area contributed by atoms with E-state index in [1.54, 1.807) is 0 Å². The van der Waals surface area contributed by atoms with Crippen LogP contribution in [0.25, 0.3) is 0 Å². The van der Waals surface area contributed by atoms with E-state index >= 15 is 0 Å². The summed E-state index contributed by atoms with van der Waals surface area (Å²) in [7, 11) is 0.664. The van der Waals surface area contributed by atoms with E-state index < -0.39 is 16.1 Å². The van der Waals surface area contributed by atoms with Crippen molar-refractivity contribution in [3.8, 4) is 0 Å². The summed E-state index contributed by atoms with van der Waals surface area (Å²) in [5.41, 5.74) is 0. The first-order valence-corrected chi connectivity index (χ1v) is 8.31. The van der Waals surface area contributed by atoms with Crippen LogP contribution >= 0.6 is 0 Å². The SMILES string of the molecule is CN(C)CC1CC(O)CN1S(=O)(=O)CCC1CC1. The highest BCUT2D eigenvalue weighted by molar-refractivity contribution is 7.89. The minimum atomic E-state index is -3.20. The molecule has 2 atom stereocenters. The van der Waals surface area contributed by atoms with Crippen molar-refractivity contribution in [2.45, 2.75) is 37.8 Å². The molecule has 1 saturated heterocycles. The number of aliphatic hydroxyl groups is 1. The molecule has 18 heavy (non-hydrogen) atoms. The van der Waals surface area contributed by atoms with E-state index in [0.29, 0.717) is 18.9 Å². The molecule has 0 aromatic carbocycles. The van der Waals surface area contributed by atoms with Gasteiger partial charge in [0, 0.05) is 19.1 Å². The molecule has 1 saturated carbocycles. The molecule has 0 amide bonds. The van der Waals surface area contributed by atoms with Crippen LogP contribution in [-0.2, 0) is 10.0 Å². The first kappa shape index (κ1) is 14.2. The maximum Gasteiger partial charge on any atom is 0.214 e. The zero-order valence-electron chi connectivity index (χ0n) is 11.2. The zero-order chi connectivity index (χ0) is 13.3. The van der Waals surface area contributed by atoms with E-state index in [0.717, 1.165) is 6.42 Å². The third-order valence-electron chi connectivity index (χ3n) is 3.76. The molecule has 0 radical (unpaired) electrons. The minimum absolute atomic E-state index is 0.0702. The number of hydrogen-bond acceptors (Lipinski definition) is 4. The van der Waals surface area contributed by atoms with E-state index in [4.69, 9.17) is 0 Å². The average molecular weight is 276 g/mol. The number of rotatable bonds is 6. The van der Waals surface area contributed by atoms with Crippen molar-refractivity contribution in [3.05, 3.63) is 0 Å². The first-order chi connectivity index (χ1) is 8.38. The summed E-state index contributed by atoms with van der Waals surface area (Å²) in [4.78, 5) is 1.98. The van der Waals surface area contributed by atoms with Crippen molar-refractivity contribution in [2.75, 3.05) is 32.9 Å². The topological polar surface area (TPSA) is 60.9 Å². The fourth-order valence-corrected chi connectivity index (χ4v) is 4.50. The lowest BCUT2D eigenvalue weighted by Gasteiger charge is -2.26. The van der Waals surface area contributed by atoms with Gasteiger partial charge in [-0.05, 0) is 32.9 Å². The second-order valence-electron chi connectivity index (χ2n) is 5.92. The Kier molecular flexibility index (Phi) is 4.31. The second kappa shape index (κ2) is 5.45. The first-order valence-electron chi connectivity index (χ1n) is 6.71. The largest absolute Gasteiger partial charge is 0.392 e. The van der Waals surface area contributed by atoms with Gasteiger partial charge in [-0.2, -0.15) is 4.31 Å². The van der Waals surface area contributed by atoms with Gasteiger partial charge in [-0.15, -0.1) is 0 Å². The fourth-order valence-electron chi connectivity index (χ4n) is 2.63. The summed E-state index contributed by atoms with van der Waals surface area (Å²) in [5.74, 6) is 0.869. The lowest BCUT2D eigenvalue weighted by Crippen LogP contribution is -2.42. The van der Waals surface area contributed by atoms with Crippen LogP contribution in [0.2, 0.25) is 0 Å². The molecule has 1 aliphatic heterocycles. The summed E-state index contributed by atoms with van der Waals surface area (Å²) < 4.78 is 26.1. The van der Waals surface area contributed by atoms with Crippen molar-refractivity contribution >= 4 is 10.0 Å². The molecular formula is C12H24N2O3S. The molecule has 2 unspecified atom stereocenters. The smallest absolute Gasteiger partial charge is 0.214 e. The molecule has 1 N–H and O–H groups in total. The van der Waals surface area contributed by atoms with Crippen LogP contribution in [0.3, 0.4) is 0 Å². The zero-order valence-corrected chi connectivity index (χ0v) is 12.1. The van der Waals surface area contributed by atoms with Crippen LogP contribution in [0.15, 0.2) is 0 Å². The molecule has 2 aliphatic rings. The van der Waals surface area contributed by atoms with Crippen LogP contribution in [0.5, 0.6) is 0 Å². The van der Waals surface area contributed by atoms with Gasteiger partial charge in [-0.3, -0.25) is 0 Å². The molecule has 0 aromatic rings. The van der Waals surface area contributed by atoms with Crippen LogP contribution < -0.4 is 0 Å². The van der Waals surface area contributed by atoms with Crippen LogP contribution in [0, 0.1) is 5.92 Å². The Bertz CT molecular complexity index is 379. The Balaban J connectivity index is 1.98. The second-order valence-corrected chi connectivity index (χ2v) is 7.96. The predicted octanol–water partition coefficient (Wildman–Crippen LogP) is 0.113. The molecule has 0 aromatic heterocycles. The molecule has 2 fully saturated rings. The molecular weight excluding hydrogens is 252 g/mol. The van der Waals surface area contributed by atoms with Gasteiger partial charge in [-0.1, -0.05) is 12.8 Å². The Morgan fingerprint density at radius 1 is 1.33 bits per heavy atom. The quantitative estimate of drug-likeness (QED) is 0.748. The van der Waals surface area contributed by atoms with E-state index in [1.165, 1.54) is 17.1 Å². The molecule has 1 aliphatic carbocycles. The molecule has 2 rings (SSSR count). The number of hydrogen-bond donors (Lipinski definition) is 1. The van der Waals surface area contributed by atoms with Crippen molar-refractivity contribution in [3.63, 3.8) is 0 Å². The van der Waals surface area contributed by atoms with Crippen molar-refractivity contribution in [1.82, 2.24) is 9.21 Å². The van der Waals surface area contributed by atoms with Gasteiger partial charge < -0.3 is 10.0 Å². The highest BCUT2D eigenvalue weighted by Crippen LogP contribution is 2.33. The van der Waals surface area contributed by atoms with Crippen LogP contribution in [0.1, 0.15) is 25.7 Å². The van der Waals surface area contributed by atoms with Gasteiger partial charge in [0.15, 0.2) is 0 Å². The summed E-state index contributed by atoms with van der Waals surface area (Å²) in [6.45, 7) is 0.950. The third-order valence-corrected chi connectivity index (χ3v) is 5.67. The maximum atomic E-state index is 12.3. The van der Waals surface area contributed by atoms with Gasteiger partial charge in [-0.25, -0.2) is 8.42 Å². The maximum absolute atomic E-state index is 12.3. The Morgan fingerprint density at radius 2 is 2.00 bits per heavy atom. The van der Waals surface area contributed by atoms with Crippen LogP contribution in [0.4, 0.5) is 0 Å². The lowest BCUT2D eigenvalue weighted by atomic mass is 10.2. The van der Waals surface area contributed by atoms with Crippen molar-refractivity contribution in [1.29, 1.82) is 0 Å². The summed E-state index contributed by atoms with van der Waals surface area (Å²) in [6.07, 6.45) is 3.19. The van der Waals surface area contributed by atoms with Crippen molar-refractivity contribution < 1.29 is 13.5 Å². The number of β-amino-alcohol motifs (C(OH)–C–C–N with tert-alkyl or cyclic N) is 1. The van der Waals surface area contributed by atoms with E-state index in [2.05, 4.69) is 0 Å². The van der Waals surface area contributed by atoms with Crippen molar-refractivity contribution in [2.24, 2.45) is 5.92 Å². The van der Waals surface area contributed by atoms with E-state index in [9.17, 15) is 13.5 Å². The average Bonchev–Trinajstić information content (AvgIpc) is 2.99. The molecule has 1 heterocycles. The number of nitrogens with zero attached hydrogens (tertiary/aromatic N) is 2. The van der Waals surface area contributed by atoms with Gasteiger partial charge in [0.1, 0.15) is 0 Å². The van der Waals surface area contributed by atoms with Gasteiger partial charge in [0.05, 0.1) is 11.9 Å². The lowest BCUT2D eigenvalue weighted by molar-refractivity contribution is 0.188. The highest BCUT2D eigenvalue weighted by atomic mass is 32.2. The minimum Gasteiger partial charge on any atom is -0.392 e. The third kappa shape index (κ3) is 3.66. The van der Waals surface area contributed by atoms with Gasteiger partial charge in [0.25, 0.3) is 0 Å². The van der Waals surface area contributed by atoms with Crippen LogP contribution in [-0.4, -0.2) is 67.8 Å². The van der Waals surface area contributed by atoms with E-state index in [1.807, 2.05) is 19.0 Å². The predicted molar refractivity (Wildman–Crippen MR) is 70.8 cm³/mol. The molecule has 5 nitrogen and oxygen atoms in total.